The molecule has 2 aromatic heterocycles. The van der Waals surface area contributed by atoms with E-state index in [4.69, 9.17) is 0 Å². The molecule has 3 heterocycles. The molecule has 0 radical (unpaired) electrons. The van der Waals surface area contributed by atoms with Crippen LogP contribution in [0, 0.1) is 20.8 Å². The minimum atomic E-state index is -3.63. The van der Waals surface area contributed by atoms with Gasteiger partial charge in [0.15, 0.2) is 5.82 Å². The minimum absolute atomic E-state index is 0.272. The number of sulfonamides is 1. The lowest BCUT2D eigenvalue weighted by atomic mass is 10.1. The van der Waals surface area contributed by atoms with E-state index in [0.29, 0.717) is 30.3 Å². The number of aromatic nitrogens is 4. The Hall–Kier alpha value is -2.62. The van der Waals surface area contributed by atoms with Gasteiger partial charge < -0.3 is 4.90 Å². The SMILES string of the molecule is CCCCN1CCN(S(=O)(=O)c2c(C)nn(-c3ccc(-c4ccc(C)cc4)nn3)c2C)CC1. The Labute approximate surface area is 196 Å². The Morgan fingerprint density at radius 3 is 2.21 bits per heavy atom. The van der Waals surface area contributed by atoms with Crippen molar-refractivity contribution in [3.63, 3.8) is 0 Å². The quantitative estimate of drug-likeness (QED) is 0.529. The van der Waals surface area contributed by atoms with Gasteiger partial charge in [0.1, 0.15) is 4.90 Å². The zero-order valence-electron chi connectivity index (χ0n) is 19.8. The molecule has 3 aromatic rings. The molecule has 0 amide bonds. The first kappa shape index (κ1) is 23.5. The van der Waals surface area contributed by atoms with Crippen LogP contribution in [0.2, 0.25) is 0 Å². The predicted molar refractivity (Wildman–Crippen MR) is 129 cm³/mol. The van der Waals surface area contributed by atoms with Crippen molar-refractivity contribution in [2.24, 2.45) is 0 Å². The lowest BCUT2D eigenvalue weighted by Crippen LogP contribution is -2.48. The Kier molecular flexibility index (Phi) is 6.92. The standard InChI is InChI=1S/C24H32N6O2S/c1-5-6-13-28-14-16-29(17-15-28)33(31,32)24-19(3)27-30(20(24)4)23-12-11-22(25-26-23)21-9-7-18(2)8-10-21/h7-12H,5-6,13-17H2,1-4H3. The summed E-state index contributed by atoms with van der Waals surface area (Å²) in [5, 5.41) is 13.2. The Bertz CT molecular complexity index is 1200. The average Bonchev–Trinajstić information content (AvgIpc) is 3.13. The second kappa shape index (κ2) is 9.70. The number of hydrogen-bond donors (Lipinski definition) is 0. The van der Waals surface area contributed by atoms with Gasteiger partial charge in [0, 0.05) is 31.7 Å². The highest BCUT2D eigenvalue weighted by molar-refractivity contribution is 7.89. The lowest BCUT2D eigenvalue weighted by Gasteiger charge is -2.33. The van der Waals surface area contributed by atoms with Crippen LogP contribution in [0.3, 0.4) is 0 Å². The van der Waals surface area contributed by atoms with Crippen LogP contribution in [-0.2, 0) is 10.0 Å². The van der Waals surface area contributed by atoms with Crippen molar-refractivity contribution in [3.8, 4) is 17.1 Å². The molecular weight excluding hydrogens is 436 g/mol. The maximum Gasteiger partial charge on any atom is 0.246 e. The molecule has 0 bridgehead atoms. The molecule has 33 heavy (non-hydrogen) atoms. The highest BCUT2D eigenvalue weighted by atomic mass is 32.2. The van der Waals surface area contributed by atoms with Gasteiger partial charge in [0.05, 0.1) is 17.1 Å². The molecule has 1 aromatic carbocycles. The highest BCUT2D eigenvalue weighted by Crippen LogP contribution is 2.26. The van der Waals surface area contributed by atoms with Crippen molar-refractivity contribution >= 4 is 10.0 Å². The molecule has 1 saturated heterocycles. The first-order chi connectivity index (χ1) is 15.8. The van der Waals surface area contributed by atoms with Crippen molar-refractivity contribution < 1.29 is 8.42 Å². The van der Waals surface area contributed by atoms with Crippen LogP contribution in [0.1, 0.15) is 36.7 Å². The van der Waals surface area contributed by atoms with E-state index in [1.54, 1.807) is 22.8 Å². The fourth-order valence-electron chi connectivity index (χ4n) is 4.25. The first-order valence-corrected chi connectivity index (χ1v) is 12.9. The molecule has 1 aliphatic heterocycles. The van der Waals surface area contributed by atoms with Crippen molar-refractivity contribution in [2.75, 3.05) is 32.7 Å². The summed E-state index contributed by atoms with van der Waals surface area (Å²) in [6, 6.07) is 11.8. The predicted octanol–water partition coefficient (Wildman–Crippen LogP) is 3.36. The lowest BCUT2D eigenvalue weighted by molar-refractivity contribution is 0.186. The Balaban J connectivity index is 1.56. The zero-order chi connectivity index (χ0) is 23.6. The van der Waals surface area contributed by atoms with E-state index in [1.165, 1.54) is 5.56 Å². The van der Waals surface area contributed by atoms with E-state index in [0.717, 1.165) is 43.7 Å². The summed E-state index contributed by atoms with van der Waals surface area (Å²) in [6.45, 7) is 11.3. The van der Waals surface area contributed by atoms with Crippen molar-refractivity contribution in [3.05, 3.63) is 53.3 Å². The van der Waals surface area contributed by atoms with Crippen LogP contribution < -0.4 is 0 Å². The monoisotopic (exact) mass is 468 g/mol. The molecule has 0 unspecified atom stereocenters. The van der Waals surface area contributed by atoms with Gasteiger partial charge in [-0.3, -0.25) is 0 Å². The van der Waals surface area contributed by atoms with Gasteiger partial charge in [-0.2, -0.15) is 9.40 Å². The van der Waals surface area contributed by atoms with E-state index >= 15 is 0 Å². The summed E-state index contributed by atoms with van der Waals surface area (Å²) >= 11 is 0. The van der Waals surface area contributed by atoms with Crippen molar-refractivity contribution in [1.82, 2.24) is 29.2 Å². The van der Waals surface area contributed by atoms with Gasteiger partial charge >= 0.3 is 0 Å². The van der Waals surface area contributed by atoms with Crippen LogP contribution >= 0.6 is 0 Å². The number of rotatable bonds is 7. The summed E-state index contributed by atoms with van der Waals surface area (Å²) in [4.78, 5) is 2.61. The summed E-state index contributed by atoms with van der Waals surface area (Å²) in [6.07, 6.45) is 2.28. The van der Waals surface area contributed by atoms with Crippen molar-refractivity contribution in [1.29, 1.82) is 0 Å². The molecule has 1 aliphatic rings. The third-order valence-electron chi connectivity index (χ3n) is 6.20. The van der Waals surface area contributed by atoms with Crippen LogP contribution in [-0.4, -0.2) is 70.3 Å². The molecule has 8 nitrogen and oxygen atoms in total. The van der Waals surface area contributed by atoms with Crippen LogP contribution in [0.5, 0.6) is 0 Å². The van der Waals surface area contributed by atoms with E-state index in [1.807, 2.05) is 43.3 Å². The number of hydrogen-bond acceptors (Lipinski definition) is 6. The van der Waals surface area contributed by atoms with E-state index in [-0.39, 0.29) is 4.90 Å². The second-order valence-electron chi connectivity index (χ2n) is 8.65. The second-order valence-corrected chi connectivity index (χ2v) is 10.5. The summed E-state index contributed by atoms with van der Waals surface area (Å²) in [5.74, 6) is 0.497. The molecule has 9 heteroatoms. The number of aryl methyl sites for hydroxylation is 2. The zero-order valence-corrected chi connectivity index (χ0v) is 20.6. The smallest absolute Gasteiger partial charge is 0.246 e. The molecule has 1 fully saturated rings. The molecule has 0 N–H and O–H groups in total. The highest BCUT2D eigenvalue weighted by Gasteiger charge is 2.33. The number of piperazine rings is 1. The van der Waals surface area contributed by atoms with E-state index in [9.17, 15) is 8.42 Å². The largest absolute Gasteiger partial charge is 0.301 e. The first-order valence-electron chi connectivity index (χ1n) is 11.5. The molecule has 0 atom stereocenters. The Morgan fingerprint density at radius 1 is 0.909 bits per heavy atom. The van der Waals surface area contributed by atoms with E-state index < -0.39 is 10.0 Å². The van der Waals surface area contributed by atoms with Crippen LogP contribution in [0.4, 0.5) is 0 Å². The normalized spacial score (nSPS) is 15.8. The Morgan fingerprint density at radius 2 is 1.61 bits per heavy atom. The molecule has 0 aliphatic carbocycles. The third-order valence-corrected chi connectivity index (χ3v) is 8.35. The third kappa shape index (κ3) is 4.85. The van der Waals surface area contributed by atoms with Gasteiger partial charge in [0.2, 0.25) is 10.0 Å². The fraction of sp³-hybridized carbons (Fsp3) is 0.458. The molecular formula is C24H32N6O2S. The van der Waals surface area contributed by atoms with Crippen LogP contribution in [0.15, 0.2) is 41.3 Å². The number of unbranched alkanes of at least 4 members (excludes halogenated alkanes) is 1. The molecule has 176 valence electrons. The van der Waals surface area contributed by atoms with Gasteiger partial charge in [-0.05, 0) is 45.9 Å². The summed E-state index contributed by atoms with van der Waals surface area (Å²) in [7, 11) is -3.63. The topological polar surface area (TPSA) is 84.2 Å². The number of benzene rings is 1. The van der Waals surface area contributed by atoms with Gasteiger partial charge in [-0.15, -0.1) is 10.2 Å². The maximum atomic E-state index is 13.5. The summed E-state index contributed by atoms with van der Waals surface area (Å²) < 4.78 is 30.1. The van der Waals surface area contributed by atoms with Gasteiger partial charge in [-0.25, -0.2) is 13.1 Å². The average molecular weight is 469 g/mol. The maximum absolute atomic E-state index is 13.5. The molecule has 4 rings (SSSR count). The van der Waals surface area contributed by atoms with Gasteiger partial charge in [-0.1, -0.05) is 43.2 Å². The minimum Gasteiger partial charge on any atom is -0.301 e. The van der Waals surface area contributed by atoms with Gasteiger partial charge in [0.25, 0.3) is 0 Å². The summed E-state index contributed by atoms with van der Waals surface area (Å²) in [5.41, 5.74) is 3.95. The fourth-order valence-corrected chi connectivity index (χ4v) is 6.02. The van der Waals surface area contributed by atoms with E-state index in [2.05, 4.69) is 27.1 Å². The molecule has 0 spiro atoms. The molecule has 0 saturated carbocycles. The number of nitrogens with zero attached hydrogens (tertiary/aromatic N) is 6. The van der Waals surface area contributed by atoms with Crippen molar-refractivity contribution in [2.45, 2.75) is 45.4 Å². The van der Waals surface area contributed by atoms with Crippen LogP contribution in [0.25, 0.3) is 17.1 Å².